The lowest BCUT2D eigenvalue weighted by Crippen LogP contribution is -1.90. The van der Waals surface area contributed by atoms with E-state index in [9.17, 15) is 0 Å². The predicted octanol–water partition coefficient (Wildman–Crippen LogP) is 5.36. The van der Waals surface area contributed by atoms with Crippen LogP contribution in [-0.2, 0) is 0 Å². The van der Waals surface area contributed by atoms with E-state index in [2.05, 4.69) is 40.7 Å². The van der Waals surface area contributed by atoms with Crippen molar-refractivity contribution in [1.82, 2.24) is 9.97 Å². The van der Waals surface area contributed by atoms with Crippen LogP contribution in [-0.4, -0.2) is 16.6 Å². The molecule has 1 N–H and O–H groups in total. The third-order valence-corrected chi connectivity index (χ3v) is 4.67. The van der Waals surface area contributed by atoms with E-state index in [1.807, 2.05) is 31.3 Å². The number of ether oxygens (including phenoxy) is 1. The number of hydrogen-bond donors (Lipinski definition) is 1. The summed E-state index contributed by atoms with van der Waals surface area (Å²) >= 11 is 1.66. The molecule has 0 saturated carbocycles. The van der Waals surface area contributed by atoms with Crippen molar-refractivity contribution in [3.8, 4) is 27.6 Å². The van der Waals surface area contributed by atoms with Crippen LogP contribution in [0.15, 0.2) is 60.1 Å². The highest BCUT2D eigenvalue weighted by Crippen LogP contribution is 2.33. The summed E-state index contributed by atoms with van der Waals surface area (Å²) in [7, 11) is 0. The van der Waals surface area contributed by atoms with Crippen molar-refractivity contribution in [2.24, 2.45) is 0 Å². The van der Waals surface area contributed by atoms with Gasteiger partial charge in [-0.25, -0.2) is 4.98 Å². The Bertz CT molecular complexity index is 937. The Kier molecular flexibility index (Phi) is 3.60. The highest BCUT2D eigenvalue weighted by molar-refractivity contribution is 7.13. The number of fused-ring (bicyclic) bond motifs is 1. The van der Waals surface area contributed by atoms with Gasteiger partial charge >= 0.3 is 0 Å². The summed E-state index contributed by atoms with van der Waals surface area (Å²) < 4.78 is 5.49. The van der Waals surface area contributed by atoms with Gasteiger partial charge in [0.1, 0.15) is 10.8 Å². The standard InChI is InChI=1S/C19H16N2OS/c1-2-22-14-9-7-13(8-10-14)19-21-18(12-23-19)16-11-20-17-6-4-3-5-15(16)17/h3-12,20H,2H2,1H3. The molecule has 0 radical (unpaired) electrons. The summed E-state index contributed by atoms with van der Waals surface area (Å²) in [5, 5.41) is 4.34. The van der Waals surface area contributed by atoms with Gasteiger partial charge in [-0.2, -0.15) is 0 Å². The Hall–Kier alpha value is -2.59. The van der Waals surface area contributed by atoms with E-state index in [0.717, 1.165) is 33.1 Å². The minimum absolute atomic E-state index is 0.682. The van der Waals surface area contributed by atoms with Crippen LogP contribution in [0.5, 0.6) is 5.75 Å². The Balaban J connectivity index is 1.68. The minimum Gasteiger partial charge on any atom is -0.494 e. The molecule has 0 atom stereocenters. The molecule has 0 bridgehead atoms. The Morgan fingerprint density at radius 3 is 2.74 bits per heavy atom. The molecule has 0 fully saturated rings. The first-order valence-corrected chi connectivity index (χ1v) is 8.48. The fourth-order valence-corrected chi connectivity index (χ4v) is 3.50. The van der Waals surface area contributed by atoms with E-state index in [-0.39, 0.29) is 0 Å². The number of H-pyrrole nitrogens is 1. The molecule has 2 heterocycles. The average molecular weight is 320 g/mol. The van der Waals surface area contributed by atoms with Gasteiger partial charge in [0.05, 0.1) is 12.3 Å². The normalized spacial score (nSPS) is 11.0. The molecule has 4 aromatic rings. The third-order valence-electron chi connectivity index (χ3n) is 3.78. The number of aromatic amines is 1. The minimum atomic E-state index is 0.682. The summed E-state index contributed by atoms with van der Waals surface area (Å²) in [6, 6.07) is 16.4. The van der Waals surface area contributed by atoms with E-state index in [4.69, 9.17) is 9.72 Å². The number of hydrogen-bond acceptors (Lipinski definition) is 3. The first kappa shape index (κ1) is 14.0. The summed E-state index contributed by atoms with van der Waals surface area (Å²) in [4.78, 5) is 8.11. The van der Waals surface area contributed by atoms with E-state index in [0.29, 0.717) is 6.61 Å². The molecule has 4 rings (SSSR count). The third kappa shape index (κ3) is 2.62. The van der Waals surface area contributed by atoms with Crippen molar-refractivity contribution in [3.05, 3.63) is 60.1 Å². The molecule has 23 heavy (non-hydrogen) atoms. The smallest absolute Gasteiger partial charge is 0.124 e. The van der Waals surface area contributed by atoms with Gasteiger partial charge in [0, 0.05) is 33.6 Å². The summed E-state index contributed by atoms with van der Waals surface area (Å²) in [6.07, 6.45) is 2.03. The molecule has 0 aliphatic carbocycles. The second-order valence-corrected chi connectivity index (χ2v) is 6.10. The second-order valence-electron chi connectivity index (χ2n) is 5.24. The van der Waals surface area contributed by atoms with E-state index in [1.165, 1.54) is 5.39 Å². The van der Waals surface area contributed by atoms with E-state index < -0.39 is 0 Å². The molecule has 2 aromatic carbocycles. The maximum Gasteiger partial charge on any atom is 0.124 e. The van der Waals surface area contributed by atoms with Crippen LogP contribution in [0.25, 0.3) is 32.7 Å². The molecule has 4 heteroatoms. The maximum atomic E-state index is 5.49. The van der Waals surface area contributed by atoms with Crippen LogP contribution in [0, 0.1) is 0 Å². The molecule has 0 aliphatic rings. The van der Waals surface area contributed by atoms with Crippen molar-refractivity contribution < 1.29 is 4.74 Å². The molecular weight excluding hydrogens is 304 g/mol. The second kappa shape index (κ2) is 5.89. The van der Waals surface area contributed by atoms with E-state index >= 15 is 0 Å². The number of rotatable bonds is 4. The van der Waals surface area contributed by atoms with Crippen LogP contribution >= 0.6 is 11.3 Å². The molecule has 2 aromatic heterocycles. The number of thiazole rings is 1. The highest BCUT2D eigenvalue weighted by atomic mass is 32.1. The van der Waals surface area contributed by atoms with Gasteiger partial charge < -0.3 is 9.72 Å². The number of benzene rings is 2. The SMILES string of the molecule is CCOc1ccc(-c2nc(-c3c[nH]c4ccccc34)cs2)cc1. The predicted molar refractivity (Wildman–Crippen MR) is 96.0 cm³/mol. The van der Waals surface area contributed by atoms with Gasteiger partial charge in [-0.3, -0.25) is 0 Å². The topological polar surface area (TPSA) is 37.9 Å². The number of para-hydroxylation sites is 1. The fraction of sp³-hybridized carbons (Fsp3) is 0.105. The number of aromatic nitrogens is 2. The first-order valence-electron chi connectivity index (χ1n) is 7.60. The first-order chi connectivity index (χ1) is 11.3. The van der Waals surface area contributed by atoms with Gasteiger partial charge in [0.2, 0.25) is 0 Å². The molecule has 0 unspecified atom stereocenters. The number of nitrogens with one attached hydrogen (secondary N) is 1. The van der Waals surface area contributed by atoms with Crippen LogP contribution in [0.1, 0.15) is 6.92 Å². The zero-order chi connectivity index (χ0) is 15.6. The summed E-state index contributed by atoms with van der Waals surface area (Å²) in [6.45, 7) is 2.67. The monoisotopic (exact) mass is 320 g/mol. The van der Waals surface area contributed by atoms with E-state index in [1.54, 1.807) is 11.3 Å². The van der Waals surface area contributed by atoms with Crippen LogP contribution < -0.4 is 4.74 Å². The van der Waals surface area contributed by atoms with Crippen molar-refractivity contribution in [2.75, 3.05) is 6.61 Å². The largest absolute Gasteiger partial charge is 0.494 e. The zero-order valence-electron chi connectivity index (χ0n) is 12.7. The van der Waals surface area contributed by atoms with Crippen LogP contribution in [0.3, 0.4) is 0 Å². The Labute approximate surface area is 138 Å². The van der Waals surface area contributed by atoms with Gasteiger partial charge in [0.25, 0.3) is 0 Å². The van der Waals surface area contributed by atoms with Crippen LogP contribution in [0.2, 0.25) is 0 Å². The van der Waals surface area contributed by atoms with Crippen molar-refractivity contribution >= 4 is 22.2 Å². The lowest BCUT2D eigenvalue weighted by Gasteiger charge is -2.02. The van der Waals surface area contributed by atoms with Crippen molar-refractivity contribution in [1.29, 1.82) is 0 Å². The van der Waals surface area contributed by atoms with Gasteiger partial charge in [0.15, 0.2) is 0 Å². The van der Waals surface area contributed by atoms with Gasteiger partial charge in [-0.1, -0.05) is 18.2 Å². The average Bonchev–Trinajstić information content (AvgIpc) is 3.22. The Morgan fingerprint density at radius 1 is 1.09 bits per heavy atom. The van der Waals surface area contributed by atoms with Crippen LogP contribution in [0.4, 0.5) is 0 Å². The summed E-state index contributed by atoms with van der Waals surface area (Å²) in [5.41, 5.74) is 4.41. The molecule has 0 saturated heterocycles. The lowest BCUT2D eigenvalue weighted by atomic mass is 10.1. The number of nitrogens with zero attached hydrogens (tertiary/aromatic N) is 1. The molecule has 114 valence electrons. The van der Waals surface area contributed by atoms with Gasteiger partial charge in [-0.15, -0.1) is 11.3 Å². The molecular formula is C19H16N2OS. The zero-order valence-corrected chi connectivity index (χ0v) is 13.6. The molecule has 0 aliphatic heterocycles. The maximum absolute atomic E-state index is 5.49. The quantitative estimate of drug-likeness (QED) is 0.550. The van der Waals surface area contributed by atoms with Crippen molar-refractivity contribution in [3.63, 3.8) is 0 Å². The molecule has 0 amide bonds. The molecule has 3 nitrogen and oxygen atoms in total. The fourth-order valence-electron chi connectivity index (χ4n) is 2.67. The Morgan fingerprint density at radius 2 is 1.91 bits per heavy atom. The van der Waals surface area contributed by atoms with Crippen molar-refractivity contribution in [2.45, 2.75) is 6.92 Å². The van der Waals surface area contributed by atoms with Gasteiger partial charge in [-0.05, 0) is 37.3 Å². The highest BCUT2D eigenvalue weighted by Gasteiger charge is 2.10. The summed E-state index contributed by atoms with van der Waals surface area (Å²) in [5.74, 6) is 0.893. The molecule has 0 spiro atoms. The lowest BCUT2D eigenvalue weighted by molar-refractivity contribution is 0.340.